The quantitative estimate of drug-likeness (QED) is 0.690. The minimum atomic E-state index is -0.188. The van der Waals surface area contributed by atoms with Crippen molar-refractivity contribution in [3.8, 4) is 11.5 Å². The zero-order valence-electron chi connectivity index (χ0n) is 14.0. The Bertz CT molecular complexity index is 630. The fraction of sp³-hybridized carbons (Fsp3) is 0.350. The fourth-order valence-corrected chi connectivity index (χ4v) is 2.42. The van der Waals surface area contributed by atoms with Crippen molar-refractivity contribution in [1.29, 1.82) is 0 Å². The average Bonchev–Trinajstić information content (AvgIpc) is 2.53. The Balaban J connectivity index is 1.96. The van der Waals surface area contributed by atoms with Gasteiger partial charge in [-0.3, -0.25) is 4.79 Å². The highest BCUT2D eigenvalue weighted by Crippen LogP contribution is 2.24. The summed E-state index contributed by atoms with van der Waals surface area (Å²) in [5.74, 6) is 2.09. The van der Waals surface area contributed by atoms with Gasteiger partial charge in [0.2, 0.25) is 0 Å². The monoisotopic (exact) mass is 312 g/mol. The fourth-order valence-electron chi connectivity index (χ4n) is 2.42. The molecule has 0 N–H and O–H groups in total. The first-order chi connectivity index (χ1) is 11.1. The molecule has 0 aliphatic carbocycles. The van der Waals surface area contributed by atoms with Crippen LogP contribution in [-0.4, -0.2) is 13.1 Å². The molecule has 122 valence electrons. The summed E-state index contributed by atoms with van der Waals surface area (Å²) in [6.45, 7) is 4.42. The zero-order valence-corrected chi connectivity index (χ0v) is 14.0. The summed E-state index contributed by atoms with van der Waals surface area (Å²) >= 11 is 0. The number of benzene rings is 2. The van der Waals surface area contributed by atoms with Gasteiger partial charge >= 0.3 is 5.97 Å². The van der Waals surface area contributed by atoms with Crippen LogP contribution in [0.15, 0.2) is 48.5 Å². The van der Waals surface area contributed by atoms with E-state index in [2.05, 4.69) is 30.7 Å². The normalized spacial score (nSPS) is 10.6. The standard InChI is InChI=1S/C20H24O3/c1-15(2)13-17-5-4-6-19(14-17)23-18-10-7-16(8-11-18)9-12-20(21)22-3/h4-8,10-11,14-15H,9,12-13H2,1-3H3. The number of carbonyl (C=O) groups is 1. The summed E-state index contributed by atoms with van der Waals surface area (Å²) in [6, 6.07) is 16.0. The molecule has 0 atom stereocenters. The number of ether oxygens (including phenoxy) is 2. The van der Waals surface area contributed by atoms with Gasteiger partial charge in [0, 0.05) is 6.42 Å². The predicted molar refractivity (Wildman–Crippen MR) is 91.8 cm³/mol. The van der Waals surface area contributed by atoms with Gasteiger partial charge in [-0.05, 0) is 54.2 Å². The summed E-state index contributed by atoms with van der Waals surface area (Å²) in [6.07, 6.45) is 2.12. The number of hydrogen-bond donors (Lipinski definition) is 0. The number of esters is 1. The summed E-state index contributed by atoms with van der Waals surface area (Å²) in [7, 11) is 1.41. The highest BCUT2D eigenvalue weighted by molar-refractivity contribution is 5.69. The Labute approximate surface area is 138 Å². The highest BCUT2D eigenvalue weighted by Gasteiger charge is 2.04. The van der Waals surface area contributed by atoms with Gasteiger partial charge in [-0.25, -0.2) is 0 Å². The van der Waals surface area contributed by atoms with Gasteiger partial charge in [0.15, 0.2) is 0 Å². The lowest BCUT2D eigenvalue weighted by atomic mass is 10.0. The van der Waals surface area contributed by atoms with Crippen LogP contribution in [0.3, 0.4) is 0 Å². The van der Waals surface area contributed by atoms with Gasteiger partial charge < -0.3 is 9.47 Å². The summed E-state index contributed by atoms with van der Waals surface area (Å²) in [5.41, 5.74) is 2.38. The third kappa shape index (κ3) is 5.78. The molecule has 0 heterocycles. The molecule has 0 aromatic heterocycles. The topological polar surface area (TPSA) is 35.5 Å². The van der Waals surface area contributed by atoms with Crippen molar-refractivity contribution in [2.75, 3.05) is 7.11 Å². The van der Waals surface area contributed by atoms with Crippen molar-refractivity contribution >= 4 is 5.97 Å². The van der Waals surface area contributed by atoms with Crippen LogP contribution in [0.2, 0.25) is 0 Å². The molecule has 0 aliphatic rings. The molecule has 2 rings (SSSR count). The molecule has 0 radical (unpaired) electrons. The van der Waals surface area contributed by atoms with Crippen LogP contribution in [0.25, 0.3) is 0 Å². The number of hydrogen-bond acceptors (Lipinski definition) is 3. The molecule has 23 heavy (non-hydrogen) atoms. The molecule has 3 nitrogen and oxygen atoms in total. The number of aryl methyl sites for hydroxylation is 1. The molecule has 2 aromatic carbocycles. The average molecular weight is 312 g/mol. The van der Waals surface area contributed by atoms with E-state index < -0.39 is 0 Å². The van der Waals surface area contributed by atoms with Crippen molar-refractivity contribution in [2.45, 2.75) is 33.1 Å². The first-order valence-electron chi connectivity index (χ1n) is 7.99. The van der Waals surface area contributed by atoms with E-state index in [1.165, 1.54) is 12.7 Å². The van der Waals surface area contributed by atoms with Crippen molar-refractivity contribution in [3.05, 3.63) is 59.7 Å². The zero-order chi connectivity index (χ0) is 16.7. The van der Waals surface area contributed by atoms with Gasteiger partial charge in [0.05, 0.1) is 7.11 Å². The van der Waals surface area contributed by atoms with E-state index in [0.29, 0.717) is 18.8 Å². The summed E-state index contributed by atoms with van der Waals surface area (Å²) < 4.78 is 10.6. The van der Waals surface area contributed by atoms with Crippen LogP contribution in [0.1, 0.15) is 31.4 Å². The van der Waals surface area contributed by atoms with Crippen LogP contribution in [-0.2, 0) is 22.4 Å². The molecule has 0 spiro atoms. The van der Waals surface area contributed by atoms with Crippen molar-refractivity contribution < 1.29 is 14.3 Å². The molecule has 0 saturated carbocycles. The van der Waals surface area contributed by atoms with Gasteiger partial charge in [0.1, 0.15) is 11.5 Å². The van der Waals surface area contributed by atoms with Gasteiger partial charge in [-0.1, -0.05) is 38.1 Å². The van der Waals surface area contributed by atoms with E-state index in [0.717, 1.165) is 23.5 Å². The highest BCUT2D eigenvalue weighted by atomic mass is 16.5. The van der Waals surface area contributed by atoms with E-state index in [-0.39, 0.29) is 5.97 Å². The maximum atomic E-state index is 11.2. The van der Waals surface area contributed by atoms with Crippen molar-refractivity contribution in [3.63, 3.8) is 0 Å². The second-order valence-electron chi connectivity index (χ2n) is 6.07. The van der Waals surface area contributed by atoms with Crippen molar-refractivity contribution in [2.24, 2.45) is 5.92 Å². The SMILES string of the molecule is COC(=O)CCc1ccc(Oc2cccc(CC(C)C)c2)cc1. The molecule has 0 unspecified atom stereocenters. The third-order valence-electron chi connectivity index (χ3n) is 3.55. The second kappa shape index (κ2) is 8.37. The van der Waals surface area contributed by atoms with E-state index in [1.807, 2.05) is 36.4 Å². The molecule has 0 aliphatic heterocycles. The molecular weight excluding hydrogens is 288 g/mol. The number of methoxy groups -OCH3 is 1. The van der Waals surface area contributed by atoms with Crippen molar-refractivity contribution in [1.82, 2.24) is 0 Å². The third-order valence-corrected chi connectivity index (χ3v) is 3.55. The Kier molecular flexibility index (Phi) is 6.21. The maximum Gasteiger partial charge on any atom is 0.305 e. The Morgan fingerprint density at radius 1 is 1.00 bits per heavy atom. The van der Waals surface area contributed by atoms with Gasteiger partial charge in [0.25, 0.3) is 0 Å². The number of carbonyl (C=O) groups excluding carboxylic acids is 1. The largest absolute Gasteiger partial charge is 0.469 e. The van der Waals surface area contributed by atoms with Crippen LogP contribution < -0.4 is 4.74 Å². The summed E-state index contributed by atoms with van der Waals surface area (Å²) in [5, 5.41) is 0. The van der Waals surface area contributed by atoms with Crippen LogP contribution in [0.5, 0.6) is 11.5 Å². The summed E-state index contributed by atoms with van der Waals surface area (Å²) in [4.78, 5) is 11.2. The first kappa shape index (κ1) is 17.1. The smallest absolute Gasteiger partial charge is 0.305 e. The number of rotatable bonds is 7. The van der Waals surface area contributed by atoms with Crippen LogP contribution >= 0.6 is 0 Å². The Morgan fingerprint density at radius 3 is 2.39 bits per heavy atom. The molecular formula is C20H24O3. The van der Waals surface area contributed by atoms with Crippen LogP contribution in [0, 0.1) is 5.92 Å². The van der Waals surface area contributed by atoms with Gasteiger partial charge in [-0.2, -0.15) is 0 Å². The van der Waals surface area contributed by atoms with E-state index in [9.17, 15) is 4.79 Å². The Morgan fingerprint density at radius 2 is 1.74 bits per heavy atom. The minimum absolute atomic E-state index is 0.188. The first-order valence-corrected chi connectivity index (χ1v) is 7.99. The predicted octanol–water partition coefficient (Wildman–Crippen LogP) is 4.78. The van der Waals surface area contributed by atoms with Gasteiger partial charge in [-0.15, -0.1) is 0 Å². The van der Waals surface area contributed by atoms with E-state index in [4.69, 9.17) is 4.74 Å². The molecule has 0 saturated heterocycles. The maximum absolute atomic E-state index is 11.2. The van der Waals surface area contributed by atoms with E-state index in [1.54, 1.807) is 0 Å². The molecule has 0 amide bonds. The van der Waals surface area contributed by atoms with E-state index >= 15 is 0 Å². The lowest BCUT2D eigenvalue weighted by Gasteiger charge is -2.10. The molecule has 0 bridgehead atoms. The lowest BCUT2D eigenvalue weighted by Crippen LogP contribution is -2.01. The molecule has 3 heteroatoms. The molecule has 2 aromatic rings. The lowest BCUT2D eigenvalue weighted by molar-refractivity contribution is -0.140. The molecule has 0 fully saturated rings. The second-order valence-corrected chi connectivity index (χ2v) is 6.07. The Hall–Kier alpha value is -2.29. The van der Waals surface area contributed by atoms with Crippen LogP contribution in [0.4, 0.5) is 0 Å². The minimum Gasteiger partial charge on any atom is -0.469 e.